The first kappa shape index (κ1) is 11.0. The van der Waals surface area contributed by atoms with Crippen LogP contribution in [0.15, 0.2) is 48.8 Å². The summed E-state index contributed by atoms with van der Waals surface area (Å²) in [5, 5.41) is 1.09. The zero-order chi connectivity index (χ0) is 10.2. The van der Waals surface area contributed by atoms with Crippen molar-refractivity contribution in [3.63, 3.8) is 0 Å². The minimum Gasteiger partial charge on any atom is -0.245 e. The number of rotatable bonds is 0. The molecular weight excluding hydrogens is 219 g/mol. The number of hydrogen-bond acceptors (Lipinski definition) is 2. The van der Waals surface area contributed by atoms with Gasteiger partial charge in [-0.3, -0.25) is 0 Å². The normalized spacial score (nSPS) is 8.71. The molecule has 0 atom stereocenters. The first-order chi connectivity index (χ1) is 6.79. The van der Waals surface area contributed by atoms with E-state index in [9.17, 15) is 0 Å². The highest BCUT2D eigenvalue weighted by Crippen LogP contribution is 1.98. The van der Waals surface area contributed by atoms with Crippen molar-refractivity contribution in [3.8, 4) is 0 Å². The summed E-state index contributed by atoms with van der Waals surface area (Å²) in [5.74, 6) is 0. The highest BCUT2D eigenvalue weighted by Gasteiger charge is 1.77. The van der Waals surface area contributed by atoms with Gasteiger partial charge in [-0.05, 0) is 24.3 Å². The van der Waals surface area contributed by atoms with E-state index in [0.29, 0.717) is 10.3 Å². The second-order valence-corrected chi connectivity index (χ2v) is 3.08. The molecule has 2 rings (SSSR count). The molecule has 0 saturated carbocycles. The average Bonchev–Trinajstić information content (AvgIpc) is 2.21. The molecule has 0 N–H and O–H groups in total. The van der Waals surface area contributed by atoms with Crippen LogP contribution in [-0.2, 0) is 0 Å². The third-order valence-corrected chi connectivity index (χ3v) is 1.70. The van der Waals surface area contributed by atoms with E-state index >= 15 is 0 Å². The third-order valence-electron chi connectivity index (χ3n) is 1.26. The Morgan fingerprint density at radius 1 is 0.714 bits per heavy atom. The smallest absolute Gasteiger partial charge is 0.129 e. The van der Waals surface area contributed by atoms with Crippen LogP contribution in [-0.4, -0.2) is 9.97 Å². The van der Waals surface area contributed by atoms with E-state index < -0.39 is 0 Å². The number of hydrogen-bond donors (Lipinski definition) is 0. The van der Waals surface area contributed by atoms with Gasteiger partial charge in [0.15, 0.2) is 0 Å². The summed E-state index contributed by atoms with van der Waals surface area (Å²) in [6.07, 6.45) is 3.31. The number of halogens is 2. The summed E-state index contributed by atoms with van der Waals surface area (Å²) in [7, 11) is 0. The van der Waals surface area contributed by atoms with Crippen LogP contribution in [0.3, 0.4) is 0 Å². The SMILES string of the molecule is Clc1ccccn1.Clc1ccccn1. The Hall–Kier alpha value is -1.12. The van der Waals surface area contributed by atoms with Crippen molar-refractivity contribution >= 4 is 23.2 Å². The second-order valence-electron chi connectivity index (χ2n) is 2.30. The van der Waals surface area contributed by atoms with Crippen molar-refractivity contribution in [1.29, 1.82) is 0 Å². The highest BCUT2D eigenvalue weighted by molar-refractivity contribution is 6.29. The van der Waals surface area contributed by atoms with Gasteiger partial charge in [-0.2, -0.15) is 0 Å². The molecule has 2 aromatic heterocycles. The fraction of sp³-hybridized carbons (Fsp3) is 0. The molecule has 0 saturated heterocycles. The zero-order valence-corrected chi connectivity index (χ0v) is 8.78. The van der Waals surface area contributed by atoms with E-state index in [1.165, 1.54) is 0 Å². The third kappa shape index (κ3) is 4.80. The Kier molecular flexibility index (Phi) is 4.97. The average molecular weight is 227 g/mol. The molecule has 0 aromatic carbocycles. The fourth-order valence-corrected chi connectivity index (χ4v) is 0.942. The van der Waals surface area contributed by atoms with Crippen molar-refractivity contribution in [1.82, 2.24) is 9.97 Å². The molecule has 0 aliphatic heterocycles. The largest absolute Gasteiger partial charge is 0.245 e. The second kappa shape index (κ2) is 6.35. The molecule has 0 aliphatic rings. The van der Waals surface area contributed by atoms with Gasteiger partial charge in [-0.25, -0.2) is 9.97 Å². The van der Waals surface area contributed by atoms with Crippen molar-refractivity contribution in [2.45, 2.75) is 0 Å². The van der Waals surface area contributed by atoms with Gasteiger partial charge in [0.2, 0.25) is 0 Å². The van der Waals surface area contributed by atoms with Crippen LogP contribution in [0.1, 0.15) is 0 Å². The molecule has 0 radical (unpaired) electrons. The van der Waals surface area contributed by atoms with E-state index in [2.05, 4.69) is 9.97 Å². The van der Waals surface area contributed by atoms with Crippen LogP contribution >= 0.6 is 23.2 Å². The van der Waals surface area contributed by atoms with Crippen LogP contribution in [0.2, 0.25) is 10.3 Å². The Balaban J connectivity index is 0.000000140. The quantitative estimate of drug-likeness (QED) is 0.644. The molecule has 2 aromatic rings. The summed E-state index contributed by atoms with van der Waals surface area (Å²) in [5.41, 5.74) is 0. The Morgan fingerprint density at radius 3 is 1.29 bits per heavy atom. The lowest BCUT2D eigenvalue weighted by atomic mass is 10.5. The standard InChI is InChI=1S/2C5H4ClN/c2*6-5-3-1-2-4-7-5/h2*1-4H. The first-order valence-electron chi connectivity index (χ1n) is 3.92. The van der Waals surface area contributed by atoms with E-state index in [0.717, 1.165) is 0 Å². The molecule has 0 bridgehead atoms. The van der Waals surface area contributed by atoms with E-state index in [-0.39, 0.29) is 0 Å². The molecular formula is C10H8Cl2N2. The van der Waals surface area contributed by atoms with Crippen LogP contribution in [0.4, 0.5) is 0 Å². The molecule has 2 nitrogen and oxygen atoms in total. The van der Waals surface area contributed by atoms with Gasteiger partial charge < -0.3 is 0 Å². The summed E-state index contributed by atoms with van der Waals surface area (Å²) in [6, 6.07) is 10.8. The van der Waals surface area contributed by atoms with Gasteiger partial charge in [-0.1, -0.05) is 35.3 Å². The van der Waals surface area contributed by atoms with Crippen molar-refractivity contribution in [2.75, 3.05) is 0 Å². The zero-order valence-electron chi connectivity index (χ0n) is 7.27. The Bertz CT molecular complexity index is 314. The van der Waals surface area contributed by atoms with Crippen molar-refractivity contribution in [3.05, 3.63) is 59.1 Å². The van der Waals surface area contributed by atoms with Gasteiger partial charge in [0.1, 0.15) is 10.3 Å². The number of pyridine rings is 2. The van der Waals surface area contributed by atoms with Gasteiger partial charge in [0.05, 0.1) is 0 Å². The summed E-state index contributed by atoms with van der Waals surface area (Å²) in [4.78, 5) is 7.49. The lowest BCUT2D eigenvalue weighted by Crippen LogP contribution is -1.65. The molecule has 0 fully saturated rings. The summed E-state index contributed by atoms with van der Waals surface area (Å²) >= 11 is 10.9. The lowest BCUT2D eigenvalue weighted by Gasteiger charge is -1.79. The number of nitrogens with zero attached hydrogens (tertiary/aromatic N) is 2. The molecule has 72 valence electrons. The van der Waals surface area contributed by atoms with E-state index in [1.807, 2.05) is 24.3 Å². The van der Waals surface area contributed by atoms with E-state index in [1.54, 1.807) is 24.5 Å². The Morgan fingerprint density at radius 2 is 1.14 bits per heavy atom. The number of aromatic nitrogens is 2. The minimum atomic E-state index is 0.544. The lowest BCUT2D eigenvalue weighted by molar-refractivity contribution is 1.33. The molecule has 4 heteroatoms. The van der Waals surface area contributed by atoms with Crippen LogP contribution in [0.5, 0.6) is 0 Å². The predicted octanol–water partition coefficient (Wildman–Crippen LogP) is 3.47. The highest BCUT2D eigenvalue weighted by atomic mass is 35.5. The first-order valence-corrected chi connectivity index (χ1v) is 4.67. The molecule has 0 unspecified atom stereocenters. The van der Waals surface area contributed by atoms with Gasteiger partial charge in [-0.15, -0.1) is 0 Å². The van der Waals surface area contributed by atoms with Crippen LogP contribution in [0.25, 0.3) is 0 Å². The van der Waals surface area contributed by atoms with Gasteiger partial charge >= 0.3 is 0 Å². The topological polar surface area (TPSA) is 25.8 Å². The maximum Gasteiger partial charge on any atom is 0.129 e. The maximum atomic E-state index is 5.43. The fourth-order valence-electron chi connectivity index (χ4n) is 0.684. The molecule has 0 spiro atoms. The van der Waals surface area contributed by atoms with Crippen molar-refractivity contribution < 1.29 is 0 Å². The molecule has 0 amide bonds. The van der Waals surface area contributed by atoms with Gasteiger partial charge in [0, 0.05) is 12.4 Å². The van der Waals surface area contributed by atoms with Crippen molar-refractivity contribution in [2.24, 2.45) is 0 Å². The summed E-state index contributed by atoms with van der Waals surface area (Å²) in [6.45, 7) is 0. The van der Waals surface area contributed by atoms with Gasteiger partial charge in [0.25, 0.3) is 0 Å². The Labute approximate surface area is 92.5 Å². The maximum absolute atomic E-state index is 5.43. The minimum absolute atomic E-state index is 0.544. The molecule has 14 heavy (non-hydrogen) atoms. The summed E-state index contributed by atoms with van der Waals surface area (Å²) < 4.78 is 0. The molecule has 2 heterocycles. The van der Waals surface area contributed by atoms with Crippen LogP contribution < -0.4 is 0 Å². The molecule has 0 aliphatic carbocycles. The monoisotopic (exact) mass is 226 g/mol. The van der Waals surface area contributed by atoms with Crippen LogP contribution in [0, 0.1) is 0 Å². The predicted molar refractivity (Wildman–Crippen MR) is 58.5 cm³/mol. The van der Waals surface area contributed by atoms with E-state index in [4.69, 9.17) is 23.2 Å².